The second-order valence-corrected chi connectivity index (χ2v) is 8.54. The zero-order chi connectivity index (χ0) is 21.1. The predicted molar refractivity (Wildman–Crippen MR) is 105 cm³/mol. The Kier molecular flexibility index (Phi) is 7.68. The van der Waals surface area contributed by atoms with Crippen molar-refractivity contribution in [3.8, 4) is 0 Å². The largest absolute Gasteiger partial charge is 0.460 e. The lowest BCUT2D eigenvalue weighted by Gasteiger charge is -2.15. The van der Waals surface area contributed by atoms with E-state index in [9.17, 15) is 18.0 Å². The number of hydrogen-bond acceptors (Lipinski definition) is 3. The lowest BCUT2D eigenvalue weighted by molar-refractivity contribution is -0.147. The summed E-state index contributed by atoms with van der Waals surface area (Å²) in [5.74, 6) is -4.82. The Bertz CT molecular complexity index is 764. The third-order valence-electron chi connectivity index (χ3n) is 5.18. The molecule has 28 heavy (non-hydrogen) atoms. The van der Waals surface area contributed by atoms with Gasteiger partial charge in [-0.15, -0.1) is 0 Å². The first-order chi connectivity index (χ1) is 13.1. The summed E-state index contributed by atoms with van der Waals surface area (Å²) in [6, 6.07) is 0.482. The molecule has 0 saturated heterocycles. The Morgan fingerprint density at radius 3 is 2.54 bits per heavy atom. The van der Waals surface area contributed by atoms with Crippen molar-refractivity contribution in [1.82, 2.24) is 0 Å². The van der Waals surface area contributed by atoms with E-state index in [4.69, 9.17) is 27.9 Å². The van der Waals surface area contributed by atoms with Crippen molar-refractivity contribution >= 4 is 34.9 Å². The molecule has 1 aromatic rings. The highest BCUT2D eigenvalue weighted by Gasteiger charge is 2.61. The molecule has 0 bridgehead atoms. The summed E-state index contributed by atoms with van der Waals surface area (Å²) in [6.07, 6.45) is 4.18. The van der Waals surface area contributed by atoms with Gasteiger partial charge in [-0.2, -0.15) is 0 Å². The fourth-order valence-corrected chi connectivity index (χ4v) is 3.64. The van der Waals surface area contributed by atoms with Gasteiger partial charge in [-0.05, 0) is 23.8 Å². The standard InChI is InChI=1S/C20H24Cl2F3NO2/c1-4-5-6-7-26-18-11(17(25)13(23)9-14(18)24)10-28-19(27)16-12(8-15(21)22)20(16,2)3/h8-9,12,16,26H,4-7,10H2,1-3H3/t12-,16+/m0/s1. The molecule has 2 rings (SSSR count). The molecule has 1 aliphatic carbocycles. The predicted octanol–water partition coefficient (Wildman–Crippen LogP) is 6.34. The summed E-state index contributed by atoms with van der Waals surface area (Å²) < 4.78 is 47.3. The number of rotatable bonds is 9. The van der Waals surface area contributed by atoms with E-state index in [0.717, 1.165) is 19.3 Å². The number of anilines is 1. The summed E-state index contributed by atoms with van der Waals surface area (Å²) in [4.78, 5) is 12.4. The van der Waals surface area contributed by atoms with Gasteiger partial charge in [0, 0.05) is 12.6 Å². The Hall–Kier alpha value is -1.40. The van der Waals surface area contributed by atoms with Crippen LogP contribution in [0.15, 0.2) is 16.6 Å². The highest BCUT2D eigenvalue weighted by atomic mass is 35.5. The molecule has 0 radical (unpaired) electrons. The number of carbonyl (C=O) groups excluding carboxylic acids is 1. The molecule has 2 atom stereocenters. The second kappa shape index (κ2) is 9.40. The van der Waals surface area contributed by atoms with Crippen molar-refractivity contribution in [2.24, 2.45) is 17.3 Å². The molecule has 1 aromatic carbocycles. The lowest BCUT2D eigenvalue weighted by Crippen LogP contribution is -2.15. The van der Waals surface area contributed by atoms with Gasteiger partial charge in [0.25, 0.3) is 0 Å². The molecule has 8 heteroatoms. The van der Waals surface area contributed by atoms with Crippen molar-refractivity contribution in [2.45, 2.75) is 46.6 Å². The maximum atomic E-state index is 14.3. The minimum absolute atomic E-state index is 0.0465. The van der Waals surface area contributed by atoms with Crippen LogP contribution in [0, 0.1) is 34.7 Å². The van der Waals surface area contributed by atoms with Crippen LogP contribution in [0.25, 0.3) is 0 Å². The van der Waals surface area contributed by atoms with Gasteiger partial charge in [0.2, 0.25) is 0 Å². The van der Waals surface area contributed by atoms with Gasteiger partial charge in [-0.1, -0.05) is 56.8 Å². The summed E-state index contributed by atoms with van der Waals surface area (Å²) >= 11 is 11.3. The van der Waals surface area contributed by atoms with E-state index < -0.39 is 41.4 Å². The molecule has 0 aliphatic heterocycles. The molecular formula is C20H24Cl2F3NO2. The van der Waals surface area contributed by atoms with Gasteiger partial charge in [0.05, 0.1) is 17.2 Å². The molecule has 1 fully saturated rings. The van der Waals surface area contributed by atoms with Crippen LogP contribution in [-0.2, 0) is 16.1 Å². The van der Waals surface area contributed by atoms with Gasteiger partial charge >= 0.3 is 5.97 Å². The van der Waals surface area contributed by atoms with E-state index in [1.165, 1.54) is 0 Å². The molecular weight excluding hydrogens is 414 g/mol. The van der Waals surface area contributed by atoms with Crippen LogP contribution in [0.5, 0.6) is 0 Å². The number of carbonyl (C=O) groups is 1. The van der Waals surface area contributed by atoms with Crippen molar-refractivity contribution in [3.05, 3.63) is 39.6 Å². The molecule has 1 aliphatic rings. The molecule has 156 valence electrons. The summed E-state index contributed by atoms with van der Waals surface area (Å²) in [5.41, 5.74) is -0.944. The van der Waals surface area contributed by atoms with Gasteiger partial charge in [0.1, 0.15) is 16.9 Å². The normalized spacial score (nSPS) is 19.9. The highest BCUT2D eigenvalue weighted by Crippen LogP contribution is 2.60. The minimum Gasteiger partial charge on any atom is -0.460 e. The molecule has 0 spiro atoms. The number of nitrogens with one attached hydrogen (secondary N) is 1. The van der Waals surface area contributed by atoms with Crippen molar-refractivity contribution in [1.29, 1.82) is 0 Å². The first-order valence-corrected chi connectivity index (χ1v) is 9.96. The highest BCUT2D eigenvalue weighted by molar-refractivity contribution is 6.55. The SMILES string of the molecule is CCCCCNc1c(F)cc(F)c(F)c1COC(=O)[C@H]1[C@H](C=C(Cl)Cl)C1(C)C. The quantitative estimate of drug-likeness (QED) is 0.278. The van der Waals surface area contributed by atoms with Gasteiger partial charge in [-0.3, -0.25) is 4.79 Å². The molecule has 0 aromatic heterocycles. The van der Waals surface area contributed by atoms with Gasteiger partial charge < -0.3 is 10.1 Å². The molecule has 0 unspecified atom stereocenters. The average Bonchev–Trinajstić information content (AvgIpc) is 3.14. The van der Waals surface area contributed by atoms with Gasteiger partial charge in [-0.25, -0.2) is 13.2 Å². The van der Waals surface area contributed by atoms with Crippen LogP contribution in [-0.4, -0.2) is 12.5 Å². The first kappa shape index (κ1) is 22.9. The molecule has 1 N–H and O–H groups in total. The number of halogens is 5. The fraction of sp³-hybridized carbons (Fsp3) is 0.550. The molecule has 1 saturated carbocycles. The maximum absolute atomic E-state index is 14.3. The number of unbranched alkanes of at least 4 members (excludes halogenated alkanes) is 2. The van der Waals surface area contributed by atoms with E-state index in [2.05, 4.69) is 5.32 Å². The Morgan fingerprint density at radius 2 is 1.93 bits per heavy atom. The van der Waals surface area contributed by atoms with Crippen molar-refractivity contribution < 1.29 is 22.7 Å². The first-order valence-electron chi connectivity index (χ1n) is 9.20. The van der Waals surface area contributed by atoms with Crippen LogP contribution in [0.3, 0.4) is 0 Å². The van der Waals surface area contributed by atoms with E-state index >= 15 is 0 Å². The number of hydrogen-bond donors (Lipinski definition) is 1. The zero-order valence-electron chi connectivity index (χ0n) is 16.1. The number of allylic oxidation sites excluding steroid dienone is 1. The van der Waals surface area contributed by atoms with Gasteiger partial charge in [0.15, 0.2) is 11.6 Å². The van der Waals surface area contributed by atoms with Crippen molar-refractivity contribution in [2.75, 3.05) is 11.9 Å². The average molecular weight is 438 g/mol. The number of esters is 1. The minimum atomic E-state index is -1.33. The van der Waals surface area contributed by atoms with Crippen LogP contribution in [0.1, 0.15) is 45.6 Å². The Labute approximate surface area is 173 Å². The molecule has 0 heterocycles. The number of benzene rings is 1. The lowest BCUT2D eigenvalue weighted by atomic mass is 10.1. The molecule has 0 amide bonds. The summed E-state index contributed by atoms with van der Waals surface area (Å²) in [7, 11) is 0. The van der Waals surface area contributed by atoms with E-state index in [1.54, 1.807) is 6.08 Å². The Balaban J connectivity index is 2.12. The monoisotopic (exact) mass is 437 g/mol. The van der Waals surface area contributed by atoms with Crippen LogP contribution >= 0.6 is 23.2 Å². The third-order valence-corrected chi connectivity index (χ3v) is 5.43. The van der Waals surface area contributed by atoms with Crippen LogP contribution in [0.4, 0.5) is 18.9 Å². The van der Waals surface area contributed by atoms with Crippen LogP contribution < -0.4 is 5.32 Å². The zero-order valence-corrected chi connectivity index (χ0v) is 17.6. The molecule has 3 nitrogen and oxygen atoms in total. The third kappa shape index (κ3) is 5.15. The Morgan fingerprint density at radius 1 is 1.25 bits per heavy atom. The summed E-state index contributed by atoms with van der Waals surface area (Å²) in [6.45, 7) is 5.53. The number of ether oxygens (including phenoxy) is 1. The van der Waals surface area contributed by atoms with E-state index in [-0.39, 0.29) is 21.7 Å². The second-order valence-electron chi connectivity index (χ2n) is 7.53. The van der Waals surface area contributed by atoms with E-state index in [0.29, 0.717) is 12.6 Å². The fourth-order valence-electron chi connectivity index (χ4n) is 3.37. The van der Waals surface area contributed by atoms with Crippen molar-refractivity contribution in [3.63, 3.8) is 0 Å². The topological polar surface area (TPSA) is 38.3 Å². The maximum Gasteiger partial charge on any atom is 0.310 e. The summed E-state index contributed by atoms with van der Waals surface area (Å²) in [5, 5.41) is 2.79. The van der Waals surface area contributed by atoms with E-state index in [1.807, 2.05) is 20.8 Å². The smallest absolute Gasteiger partial charge is 0.310 e. The van der Waals surface area contributed by atoms with Crippen LogP contribution in [0.2, 0.25) is 0 Å².